The predicted molar refractivity (Wildman–Crippen MR) is 102 cm³/mol. The van der Waals surface area contributed by atoms with Crippen LogP contribution in [0.1, 0.15) is 28.3 Å². The molecular weight excluding hydrogens is 365 g/mol. The van der Waals surface area contributed by atoms with Crippen molar-refractivity contribution in [1.29, 1.82) is 0 Å². The van der Waals surface area contributed by atoms with E-state index >= 15 is 0 Å². The highest BCUT2D eigenvalue weighted by Crippen LogP contribution is 2.15. The molecule has 0 saturated heterocycles. The highest BCUT2D eigenvalue weighted by Gasteiger charge is 2.13. The van der Waals surface area contributed by atoms with Crippen molar-refractivity contribution in [3.8, 4) is 0 Å². The van der Waals surface area contributed by atoms with Crippen molar-refractivity contribution in [3.63, 3.8) is 0 Å². The third-order valence-electron chi connectivity index (χ3n) is 4.01. The number of hydrogen-bond acceptors (Lipinski definition) is 3. The second-order valence-corrected chi connectivity index (χ2v) is 7.51. The van der Waals surface area contributed by atoms with Crippen LogP contribution in [0.25, 0.3) is 0 Å². The maximum Gasteiger partial charge on any atom is 0.286 e. The van der Waals surface area contributed by atoms with E-state index in [1.165, 1.54) is 29.8 Å². The molecule has 0 saturated carbocycles. The van der Waals surface area contributed by atoms with Crippen LogP contribution < -0.4 is 5.32 Å². The number of rotatable bonds is 8. The molecule has 1 aromatic heterocycles. The minimum atomic E-state index is -1.36. The van der Waals surface area contributed by atoms with Crippen LogP contribution in [-0.2, 0) is 23.0 Å². The molecule has 0 radical (unpaired) electrons. The normalized spacial score (nSPS) is 11.9. The Morgan fingerprint density at radius 3 is 2.48 bits per heavy atom. The zero-order valence-corrected chi connectivity index (χ0v) is 15.5. The van der Waals surface area contributed by atoms with Gasteiger partial charge in [0.25, 0.3) is 5.91 Å². The fourth-order valence-corrected chi connectivity index (χ4v) is 3.62. The van der Waals surface area contributed by atoms with Crippen LogP contribution in [-0.4, -0.2) is 16.7 Å². The van der Waals surface area contributed by atoms with E-state index < -0.39 is 10.8 Å². The van der Waals surface area contributed by atoms with E-state index in [9.17, 15) is 13.4 Å². The van der Waals surface area contributed by atoms with Gasteiger partial charge in [-0.25, -0.2) is 4.39 Å². The van der Waals surface area contributed by atoms with Gasteiger partial charge in [-0.15, -0.1) is 0 Å². The topological polar surface area (TPSA) is 59.3 Å². The molecule has 0 aliphatic rings. The fraction of sp³-hybridized carbons (Fsp3) is 0.190. The molecule has 0 bridgehead atoms. The SMILES string of the molecule is O=C(NCCCc1ccccc1)c1ccc(C[S@@](=O)c2ccc(F)cc2)o1. The third-order valence-corrected chi connectivity index (χ3v) is 5.35. The molecule has 1 heterocycles. The first-order valence-corrected chi connectivity index (χ1v) is 9.98. The predicted octanol–water partition coefficient (Wildman–Crippen LogP) is 4.09. The summed E-state index contributed by atoms with van der Waals surface area (Å²) in [6.07, 6.45) is 1.72. The van der Waals surface area contributed by atoms with Gasteiger partial charge in [-0.1, -0.05) is 30.3 Å². The van der Waals surface area contributed by atoms with Gasteiger partial charge in [0.2, 0.25) is 0 Å². The van der Waals surface area contributed by atoms with E-state index in [0.29, 0.717) is 17.2 Å². The Balaban J connectivity index is 1.47. The summed E-state index contributed by atoms with van der Waals surface area (Å²) in [5, 5.41) is 2.82. The van der Waals surface area contributed by atoms with Crippen molar-refractivity contribution in [2.45, 2.75) is 23.5 Å². The fourth-order valence-electron chi connectivity index (χ4n) is 2.60. The number of hydrogen-bond donors (Lipinski definition) is 1. The molecule has 6 heteroatoms. The van der Waals surface area contributed by atoms with Gasteiger partial charge >= 0.3 is 0 Å². The van der Waals surface area contributed by atoms with Crippen LogP contribution in [0.4, 0.5) is 4.39 Å². The summed E-state index contributed by atoms with van der Waals surface area (Å²) in [7, 11) is -1.36. The first kappa shape index (κ1) is 19.0. The van der Waals surface area contributed by atoms with Crippen LogP contribution >= 0.6 is 0 Å². The minimum Gasteiger partial charge on any atom is -0.455 e. The summed E-state index contributed by atoms with van der Waals surface area (Å²) < 4.78 is 30.7. The second-order valence-electron chi connectivity index (χ2n) is 6.05. The monoisotopic (exact) mass is 385 g/mol. The van der Waals surface area contributed by atoms with E-state index in [1.54, 1.807) is 12.1 Å². The Hall–Kier alpha value is -2.73. The Morgan fingerprint density at radius 1 is 1.00 bits per heavy atom. The van der Waals surface area contributed by atoms with Crippen molar-refractivity contribution in [3.05, 3.63) is 89.6 Å². The zero-order valence-electron chi connectivity index (χ0n) is 14.7. The third kappa shape index (κ3) is 5.62. The quantitative estimate of drug-likeness (QED) is 0.594. The average molecular weight is 385 g/mol. The lowest BCUT2D eigenvalue weighted by Gasteiger charge is -2.04. The van der Waals surface area contributed by atoms with Crippen molar-refractivity contribution >= 4 is 16.7 Å². The molecule has 3 rings (SSSR count). The van der Waals surface area contributed by atoms with Crippen molar-refractivity contribution in [2.24, 2.45) is 0 Å². The Bertz CT molecular complexity index is 907. The molecule has 0 spiro atoms. The van der Waals surface area contributed by atoms with E-state index in [4.69, 9.17) is 4.42 Å². The van der Waals surface area contributed by atoms with E-state index in [-0.39, 0.29) is 23.2 Å². The maximum atomic E-state index is 12.9. The molecule has 27 heavy (non-hydrogen) atoms. The summed E-state index contributed by atoms with van der Waals surface area (Å²) in [5.74, 6) is 0.113. The molecule has 0 aliphatic carbocycles. The maximum absolute atomic E-state index is 12.9. The highest BCUT2D eigenvalue weighted by molar-refractivity contribution is 7.84. The van der Waals surface area contributed by atoms with Gasteiger partial charge < -0.3 is 9.73 Å². The average Bonchev–Trinajstić information content (AvgIpc) is 3.15. The Labute approximate surface area is 159 Å². The number of nitrogens with one attached hydrogen (secondary N) is 1. The minimum absolute atomic E-state index is 0.132. The summed E-state index contributed by atoms with van der Waals surface area (Å²) in [5.41, 5.74) is 1.23. The molecule has 1 N–H and O–H groups in total. The molecule has 3 aromatic rings. The van der Waals surface area contributed by atoms with Crippen molar-refractivity contribution in [1.82, 2.24) is 5.32 Å². The van der Waals surface area contributed by atoms with Crippen LogP contribution in [0.3, 0.4) is 0 Å². The number of amides is 1. The largest absolute Gasteiger partial charge is 0.455 e. The Kier molecular flexibility index (Phi) is 6.54. The van der Waals surface area contributed by atoms with Crippen LogP contribution in [0.5, 0.6) is 0 Å². The van der Waals surface area contributed by atoms with Crippen molar-refractivity contribution < 1.29 is 17.8 Å². The van der Waals surface area contributed by atoms with E-state index in [2.05, 4.69) is 17.4 Å². The molecule has 1 amide bonds. The smallest absolute Gasteiger partial charge is 0.286 e. The number of halogens is 1. The summed E-state index contributed by atoms with van der Waals surface area (Å²) in [4.78, 5) is 12.7. The van der Waals surface area contributed by atoms with E-state index in [0.717, 1.165) is 12.8 Å². The second kappa shape index (κ2) is 9.28. The lowest BCUT2D eigenvalue weighted by atomic mass is 10.1. The molecule has 2 aromatic carbocycles. The van der Waals surface area contributed by atoms with E-state index in [1.807, 2.05) is 18.2 Å². The molecule has 0 unspecified atom stereocenters. The van der Waals surface area contributed by atoms with Gasteiger partial charge in [0, 0.05) is 11.4 Å². The molecule has 140 valence electrons. The van der Waals surface area contributed by atoms with Crippen LogP contribution in [0, 0.1) is 5.82 Å². The van der Waals surface area contributed by atoms with Gasteiger partial charge in [-0.2, -0.15) is 0 Å². The van der Waals surface area contributed by atoms with Gasteiger partial charge in [-0.3, -0.25) is 9.00 Å². The molecule has 0 aliphatic heterocycles. The number of furan rings is 1. The standard InChI is InChI=1S/C21H20FNO3S/c22-17-8-11-19(12-9-17)27(25)15-18-10-13-20(26-18)21(24)23-14-4-7-16-5-2-1-3-6-16/h1-3,5-6,8-13H,4,7,14-15H2,(H,23,24)/t27-/m1/s1. The number of aryl methyl sites for hydroxylation is 1. The molecular formula is C21H20FNO3S. The summed E-state index contributed by atoms with van der Waals surface area (Å²) in [6, 6.07) is 18.8. The lowest BCUT2D eigenvalue weighted by Crippen LogP contribution is -2.24. The van der Waals surface area contributed by atoms with Crippen LogP contribution in [0.2, 0.25) is 0 Å². The van der Waals surface area contributed by atoms with Gasteiger partial charge in [0.15, 0.2) is 5.76 Å². The van der Waals surface area contributed by atoms with Gasteiger partial charge in [0.1, 0.15) is 11.6 Å². The van der Waals surface area contributed by atoms with Crippen LogP contribution in [0.15, 0.2) is 76.0 Å². The zero-order chi connectivity index (χ0) is 19.1. The van der Waals surface area contributed by atoms with Gasteiger partial charge in [-0.05, 0) is 54.8 Å². The Morgan fingerprint density at radius 2 is 1.74 bits per heavy atom. The molecule has 1 atom stereocenters. The van der Waals surface area contributed by atoms with Gasteiger partial charge in [0.05, 0.1) is 16.6 Å². The molecule has 0 fully saturated rings. The summed E-state index contributed by atoms with van der Waals surface area (Å²) in [6.45, 7) is 0.547. The number of carbonyl (C=O) groups is 1. The molecule has 4 nitrogen and oxygen atoms in total. The highest BCUT2D eigenvalue weighted by atomic mass is 32.2. The summed E-state index contributed by atoms with van der Waals surface area (Å²) >= 11 is 0. The van der Waals surface area contributed by atoms with Crippen molar-refractivity contribution in [2.75, 3.05) is 6.54 Å². The first-order valence-electron chi connectivity index (χ1n) is 8.66. The lowest BCUT2D eigenvalue weighted by molar-refractivity contribution is 0.0924. The number of carbonyl (C=O) groups excluding carboxylic acids is 1. The first-order chi connectivity index (χ1) is 13.1. The number of benzene rings is 2.